The van der Waals surface area contributed by atoms with Gasteiger partial charge in [0.1, 0.15) is 12.3 Å². The van der Waals surface area contributed by atoms with Gasteiger partial charge in [0.15, 0.2) is 4.67 Å². The molecule has 19 heavy (non-hydrogen) atoms. The number of hydrogen-bond donors (Lipinski definition) is 1. The van der Waals surface area contributed by atoms with Crippen LogP contribution in [0, 0.1) is 0 Å². The van der Waals surface area contributed by atoms with Gasteiger partial charge in [0.2, 0.25) is 0 Å². The molecule has 0 bridgehead atoms. The fourth-order valence-corrected chi connectivity index (χ4v) is 2.76. The number of imide groups is 1. The van der Waals surface area contributed by atoms with Gasteiger partial charge < -0.3 is 9.52 Å². The Kier molecular flexibility index (Phi) is 4.16. The predicted octanol–water partition coefficient (Wildman–Crippen LogP) is 2.93. The second kappa shape index (κ2) is 5.51. The van der Waals surface area contributed by atoms with Crippen molar-refractivity contribution >= 4 is 66.8 Å². The third kappa shape index (κ3) is 3.10. The first-order valence-electron chi connectivity index (χ1n) is 4.80. The Morgan fingerprint density at radius 1 is 1.47 bits per heavy atom. The predicted molar refractivity (Wildman–Crippen MR) is 74.4 cm³/mol. The van der Waals surface area contributed by atoms with E-state index in [-0.39, 0.29) is 4.91 Å². The summed E-state index contributed by atoms with van der Waals surface area (Å²) >= 11 is 7.05. The van der Waals surface area contributed by atoms with E-state index in [9.17, 15) is 14.4 Å². The minimum absolute atomic E-state index is 0.125. The number of carboxylic acid groups (broad SMARTS) is 1. The molecular weight excluding hydrogens is 406 g/mol. The first-order valence-corrected chi connectivity index (χ1v) is 7.20. The molecule has 0 saturated carbocycles. The van der Waals surface area contributed by atoms with Crippen LogP contribution >= 0.6 is 43.6 Å². The molecule has 1 aliphatic rings. The van der Waals surface area contributed by atoms with Crippen LogP contribution in [0.4, 0.5) is 4.79 Å². The molecule has 0 radical (unpaired) electrons. The maximum atomic E-state index is 11.8. The van der Waals surface area contributed by atoms with Crippen molar-refractivity contribution in [1.29, 1.82) is 0 Å². The number of carboxylic acids is 1. The number of carbonyl (C=O) groups is 3. The molecule has 2 heterocycles. The third-order valence-corrected chi connectivity index (χ3v) is 4.72. The zero-order chi connectivity index (χ0) is 14.2. The average Bonchev–Trinajstić information content (AvgIpc) is 2.74. The van der Waals surface area contributed by atoms with Gasteiger partial charge in [-0.15, -0.1) is 0 Å². The minimum Gasteiger partial charge on any atom is -0.480 e. The van der Waals surface area contributed by atoms with Crippen molar-refractivity contribution in [3.05, 3.63) is 25.9 Å². The van der Waals surface area contributed by atoms with E-state index in [1.54, 1.807) is 6.07 Å². The molecule has 1 N–H and O–H groups in total. The minimum atomic E-state index is -1.24. The molecule has 6 nitrogen and oxygen atoms in total. The molecule has 1 saturated heterocycles. The Hall–Kier alpha value is -1.06. The van der Waals surface area contributed by atoms with Gasteiger partial charge in [0.05, 0.1) is 9.38 Å². The van der Waals surface area contributed by atoms with E-state index in [2.05, 4.69) is 31.9 Å². The molecule has 1 aromatic rings. The monoisotopic (exact) mass is 409 g/mol. The Labute approximate surface area is 128 Å². The number of rotatable bonds is 3. The van der Waals surface area contributed by atoms with Crippen molar-refractivity contribution in [3.63, 3.8) is 0 Å². The number of thioether (sulfide) groups is 1. The summed E-state index contributed by atoms with van der Waals surface area (Å²) in [6.07, 6.45) is 1.39. The number of furan rings is 1. The molecular formula is C10H5Br2NO5S. The lowest BCUT2D eigenvalue weighted by atomic mass is 10.3. The summed E-state index contributed by atoms with van der Waals surface area (Å²) in [5.41, 5.74) is 0. The summed E-state index contributed by atoms with van der Waals surface area (Å²) in [5, 5.41) is 8.01. The Bertz CT molecular complexity index is 590. The molecule has 2 rings (SSSR count). The SMILES string of the molecule is O=C(O)CN1C(=O)S/C(=C\c2cc(Br)c(Br)o2)C1=O. The molecule has 0 spiro atoms. The van der Waals surface area contributed by atoms with Crippen LogP contribution < -0.4 is 0 Å². The summed E-state index contributed by atoms with van der Waals surface area (Å²) in [7, 11) is 0. The quantitative estimate of drug-likeness (QED) is 0.770. The van der Waals surface area contributed by atoms with Crippen LogP contribution in [0.25, 0.3) is 6.08 Å². The van der Waals surface area contributed by atoms with Crippen molar-refractivity contribution in [2.75, 3.05) is 6.54 Å². The van der Waals surface area contributed by atoms with Crippen molar-refractivity contribution in [2.45, 2.75) is 0 Å². The highest BCUT2D eigenvalue weighted by molar-refractivity contribution is 9.13. The maximum absolute atomic E-state index is 11.8. The number of nitrogens with zero attached hydrogens (tertiary/aromatic N) is 1. The second-order valence-corrected chi connectivity index (χ2v) is 6.00. The Balaban J connectivity index is 2.25. The van der Waals surface area contributed by atoms with E-state index in [0.717, 1.165) is 0 Å². The van der Waals surface area contributed by atoms with Crippen LogP contribution in [-0.2, 0) is 9.59 Å². The van der Waals surface area contributed by atoms with Gasteiger partial charge in [-0.1, -0.05) is 0 Å². The largest absolute Gasteiger partial charge is 0.480 e. The van der Waals surface area contributed by atoms with E-state index < -0.39 is 23.7 Å². The topological polar surface area (TPSA) is 87.8 Å². The lowest BCUT2D eigenvalue weighted by Gasteiger charge is -2.07. The molecule has 1 fully saturated rings. The lowest BCUT2D eigenvalue weighted by Crippen LogP contribution is -2.33. The second-order valence-electron chi connectivity index (χ2n) is 3.43. The normalized spacial score (nSPS) is 17.6. The van der Waals surface area contributed by atoms with Crippen LogP contribution in [0.1, 0.15) is 5.76 Å². The number of aliphatic carboxylic acids is 1. The standard InChI is InChI=1S/C10H5Br2NO5S/c11-5-1-4(18-8(5)12)2-6-9(16)13(3-7(14)15)10(17)19-6/h1-2H,3H2,(H,14,15)/b6-2-. The number of halogens is 2. The fraction of sp³-hybridized carbons (Fsp3) is 0.100. The highest BCUT2D eigenvalue weighted by Crippen LogP contribution is 2.34. The molecule has 1 aliphatic heterocycles. The van der Waals surface area contributed by atoms with Crippen molar-refractivity contribution < 1.29 is 23.9 Å². The van der Waals surface area contributed by atoms with E-state index in [0.29, 0.717) is 31.6 Å². The van der Waals surface area contributed by atoms with Crippen molar-refractivity contribution in [1.82, 2.24) is 4.90 Å². The van der Waals surface area contributed by atoms with E-state index in [1.807, 2.05) is 0 Å². The highest BCUT2D eigenvalue weighted by atomic mass is 79.9. The smallest absolute Gasteiger partial charge is 0.323 e. The van der Waals surface area contributed by atoms with Crippen LogP contribution in [-0.4, -0.2) is 33.7 Å². The Morgan fingerprint density at radius 2 is 2.16 bits per heavy atom. The Morgan fingerprint density at radius 3 is 2.68 bits per heavy atom. The summed E-state index contributed by atoms with van der Waals surface area (Å²) in [5.74, 6) is -1.51. The zero-order valence-electron chi connectivity index (χ0n) is 9.05. The average molecular weight is 411 g/mol. The van der Waals surface area contributed by atoms with Crippen molar-refractivity contribution in [2.24, 2.45) is 0 Å². The molecule has 2 amide bonds. The third-order valence-electron chi connectivity index (χ3n) is 2.10. The molecule has 0 atom stereocenters. The number of amides is 2. The van der Waals surface area contributed by atoms with Crippen molar-refractivity contribution in [3.8, 4) is 0 Å². The van der Waals surface area contributed by atoms with Crippen LogP contribution in [0.3, 0.4) is 0 Å². The highest BCUT2D eigenvalue weighted by Gasteiger charge is 2.36. The molecule has 0 aliphatic carbocycles. The molecule has 0 unspecified atom stereocenters. The molecule has 9 heteroatoms. The molecule has 100 valence electrons. The summed E-state index contributed by atoms with van der Waals surface area (Å²) in [4.78, 5) is 34.7. The summed E-state index contributed by atoms with van der Waals surface area (Å²) < 4.78 is 6.39. The summed E-state index contributed by atoms with van der Waals surface area (Å²) in [6, 6.07) is 1.62. The first-order chi connectivity index (χ1) is 8.88. The van der Waals surface area contributed by atoms with Crippen LogP contribution in [0.2, 0.25) is 0 Å². The number of carbonyl (C=O) groups excluding carboxylic acids is 2. The van der Waals surface area contributed by atoms with Gasteiger partial charge in [-0.2, -0.15) is 0 Å². The first kappa shape index (κ1) is 14.4. The van der Waals surface area contributed by atoms with Gasteiger partial charge in [-0.25, -0.2) is 0 Å². The van der Waals surface area contributed by atoms with Crippen LogP contribution in [0.15, 0.2) is 24.5 Å². The molecule has 1 aromatic heterocycles. The number of hydrogen-bond acceptors (Lipinski definition) is 5. The van der Waals surface area contributed by atoms with Crippen LogP contribution in [0.5, 0.6) is 0 Å². The van der Waals surface area contributed by atoms with Gasteiger partial charge in [0.25, 0.3) is 11.1 Å². The van der Waals surface area contributed by atoms with E-state index >= 15 is 0 Å². The maximum Gasteiger partial charge on any atom is 0.323 e. The lowest BCUT2D eigenvalue weighted by molar-refractivity contribution is -0.140. The fourth-order valence-electron chi connectivity index (χ4n) is 1.34. The van der Waals surface area contributed by atoms with Gasteiger partial charge in [0, 0.05) is 6.08 Å². The zero-order valence-corrected chi connectivity index (χ0v) is 13.0. The summed E-state index contributed by atoms with van der Waals surface area (Å²) in [6.45, 7) is -0.645. The van der Waals surface area contributed by atoms with Gasteiger partial charge in [-0.05, 0) is 49.7 Å². The van der Waals surface area contributed by atoms with Gasteiger partial charge >= 0.3 is 5.97 Å². The molecule has 0 aromatic carbocycles. The van der Waals surface area contributed by atoms with E-state index in [4.69, 9.17) is 9.52 Å². The van der Waals surface area contributed by atoms with Gasteiger partial charge in [-0.3, -0.25) is 19.3 Å². The van der Waals surface area contributed by atoms with E-state index in [1.165, 1.54) is 6.08 Å².